The Morgan fingerprint density at radius 2 is 2.60 bits per heavy atom. The zero-order valence-corrected chi connectivity index (χ0v) is 6.38. The maximum Gasteiger partial charge on any atom is 0.0566 e. The molecule has 1 heterocycles. The summed E-state index contributed by atoms with van der Waals surface area (Å²) in [5.41, 5.74) is 1.23. The fourth-order valence-electron chi connectivity index (χ4n) is 1.07. The van der Waals surface area contributed by atoms with Gasteiger partial charge < -0.3 is 0 Å². The summed E-state index contributed by atoms with van der Waals surface area (Å²) in [5, 5.41) is 0. The molecule has 0 N–H and O–H groups in total. The first kappa shape index (κ1) is 7.26. The summed E-state index contributed by atoms with van der Waals surface area (Å²) < 4.78 is 0. The molecule has 1 atom stereocenters. The molecule has 54 valence electrons. The van der Waals surface area contributed by atoms with Crippen LogP contribution in [0.4, 0.5) is 0 Å². The van der Waals surface area contributed by atoms with Crippen molar-refractivity contribution in [3.05, 3.63) is 24.3 Å². The lowest BCUT2D eigenvalue weighted by atomic mass is 10.0. The number of dihydropyridines is 1. The molecule has 0 amide bonds. The number of nitrogens with zero attached hydrogens (tertiary/aromatic N) is 1. The molecule has 0 aromatic carbocycles. The van der Waals surface area contributed by atoms with Crippen LogP contribution in [0.3, 0.4) is 0 Å². The third kappa shape index (κ3) is 2.18. The lowest BCUT2D eigenvalue weighted by Gasteiger charge is -2.08. The van der Waals surface area contributed by atoms with Crippen LogP contribution in [0.2, 0.25) is 0 Å². The lowest BCUT2D eigenvalue weighted by molar-refractivity contribution is 0.837. The summed E-state index contributed by atoms with van der Waals surface area (Å²) in [6.45, 7) is 6.76. The van der Waals surface area contributed by atoms with Crippen LogP contribution in [0.1, 0.15) is 13.3 Å². The Kier molecular flexibility index (Phi) is 2.43. The van der Waals surface area contributed by atoms with Crippen molar-refractivity contribution in [1.29, 1.82) is 0 Å². The van der Waals surface area contributed by atoms with Crippen molar-refractivity contribution in [3.8, 4) is 0 Å². The van der Waals surface area contributed by atoms with E-state index in [9.17, 15) is 0 Å². The first-order valence-corrected chi connectivity index (χ1v) is 3.60. The molecule has 1 heteroatoms. The van der Waals surface area contributed by atoms with Crippen molar-refractivity contribution in [2.45, 2.75) is 13.3 Å². The van der Waals surface area contributed by atoms with Crippen LogP contribution in [-0.2, 0) is 0 Å². The van der Waals surface area contributed by atoms with Gasteiger partial charge in [-0.1, -0.05) is 17.7 Å². The zero-order chi connectivity index (χ0) is 7.40. The number of aliphatic imine (C=N–C) groups is 1. The Bertz CT molecular complexity index is 165. The van der Waals surface area contributed by atoms with E-state index in [1.54, 1.807) is 0 Å². The van der Waals surface area contributed by atoms with E-state index >= 15 is 0 Å². The van der Waals surface area contributed by atoms with Gasteiger partial charge in [0.25, 0.3) is 0 Å². The molecule has 0 fully saturated rings. The van der Waals surface area contributed by atoms with E-state index in [-0.39, 0.29) is 0 Å². The molecule has 1 unspecified atom stereocenters. The second-order valence-corrected chi connectivity index (χ2v) is 2.77. The van der Waals surface area contributed by atoms with Crippen LogP contribution in [-0.4, -0.2) is 12.8 Å². The molecule has 0 bridgehead atoms. The van der Waals surface area contributed by atoms with E-state index < -0.39 is 0 Å². The van der Waals surface area contributed by atoms with Gasteiger partial charge in [-0.05, 0) is 13.3 Å². The summed E-state index contributed by atoms with van der Waals surface area (Å²) in [4.78, 5) is 4.16. The topological polar surface area (TPSA) is 12.4 Å². The van der Waals surface area contributed by atoms with Crippen LogP contribution >= 0.6 is 0 Å². The molecule has 0 saturated heterocycles. The van der Waals surface area contributed by atoms with Crippen molar-refractivity contribution < 1.29 is 0 Å². The quantitative estimate of drug-likeness (QED) is 0.515. The number of allylic oxidation sites excluding steroid dienone is 2. The van der Waals surface area contributed by atoms with Gasteiger partial charge >= 0.3 is 0 Å². The predicted octanol–water partition coefficient (Wildman–Crippen LogP) is 2.21. The molecule has 0 radical (unpaired) electrons. The van der Waals surface area contributed by atoms with Gasteiger partial charge in [0.05, 0.1) is 6.54 Å². The van der Waals surface area contributed by atoms with Crippen molar-refractivity contribution >= 4 is 6.21 Å². The molecule has 1 aliphatic heterocycles. The van der Waals surface area contributed by atoms with Crippen LogP contribution in [0, 0.1) is 5.92 Å². The Labute approximate surface area is 62.2 Å². The minimum absolute atomic E-state index is 0.506. The third-order valence-corrected chi connectivity index (χ3v) is 1.48. The van der Waals surface area contributed by atoms with Crippen LogP contribution < -0.4 is 0 Å². The second kappa shape index (κ2) is 3.35. The van der Waals surface area contributed by atoms with E-state index in [4.69, 9.17) is 0 Å². The van der Waals surface area contributed by atoms with E-state index in [1.165, 1.54) is 5.57 Å². The summed E-state index contributed by atoms with van der Waals surface area (Å²) in [5.74, 6) is 0.506. The highest BCUT2D eigenvalue weighted by Gasteiger charge is 2.02. The van der Waals surface area contributed by atoms with Crippen molar-refractivity contribution in [3.63, 3.8) is 0 Å². The lowest BCUT2D eigenvalue weighted by Crippen LogP contribution is -2.02. The van der Waals surface area contributed by atoms with Gasteiger partial charge in [-0.3, -0.25) is 4.99 Å². The molecule has 1 rings (SSSR count). The molecule has 0 aliphatic carbocycles. The van der Waals surface area contributed by atoms with Crippen LogP contribution in [0.15, 0.2) is 29.3 Å². The number of hydrogen-bond acceptors (Lipinski definition) is 1. The van der Waals surface area contributed by atoms with E-state index in [1.807, 2.05) is 6.21 Å². The van der Waals surface area contributed by atoms with Gasteiger partial charge in [0.15, 0.2) is 0 Å². The molecule has 0 spiro atoms. The first-order chi connectivity index (χ1) is 4.79. The van der Waals surface area contributed by atoms with Gasteiger partial charge in [-0.15, -0.1) is 6.58 Å². The normalized spacial score (nSPS) is 23.1. The van der Waals surface area contributed by atoms with Gasteiger partial charge in [-0.2, -0.15) is 0 Å². The van der Waals surface area contributed by atoms with Gasteiger partial charge in [0.1, 0.15) is 0 Å². The van der Waals surface area contributed by atoms with E-state index in [2.05, 4.69) is 30.6 Å². The zero-order valence-electron chi connectivity index (χ0n) is 6.38. The molecule has 0 saturated carbocycles. The summed E-state index contributed by atoms with van der Waals surface area (Å²) in [7, 11) is 0. The maximum atomic E-state index is 4.16. The first-order valence-electron chi connectivity index (χ1n) is 3.60. The van der Waals surface area contributed by atoms with E-state index in [0.29, 0.717) is 5.92 Å². The molecule has 10 heavy (non-hydrogen) atoms. The Morgan fingerprint density at radius 3 is 3.10 bits per heavy atom. The number of hydrogen-bond donors (Lipinski definition) is 0. The number of rotatable bonds is 2. The van der Waals surface area contributed by atoms with Gasteiger partial charge in [0, 0.05) is 12.1 Å². The van der Waals surface area contributed by atoms with Crippen molar-refractivity contribution in [2.75, 3.05) is 6.54 Å². The Hall–Kier alpha value is -0.850. The fraction of sp³-hybridized carbons (Fsp3) is 0.444. The molecular formula is C9H13N. The summed E-state index contributed by atoms with van der Waals surface area (Å²) in [6.07, 6.45) is 7.35. The summed E-state index contributed by atoms with van der Waals surface area (Å²) >= 11 is 0. The average Bonchev–Trinajstić information content (AvgIpc) is 1.88. The van der Waals surface area contributed by atoms with Crippen molar-refractivity contribution in [2.24, 2.45) is 10.9 Å². The molecule has 0 aromatic rings. The summed E-state index contributed by atoms with van der Waals surface area (Å²) in [6, 6.07) is 0. The Balaban J connectivity index is 2.40. The minimum Gasteiger partial charge on any atom is -0.293 e. The van der Waals surface area contributed by atoms with Crippen molar-refractivity contribution in [1.82, 2.24) is 0 Å². The smallest absolute Gasteiger partial charge is 0.0566 e. The van der Waals surface area contributed by atoms with Gasteiger partial charge in [-0.25, -0.2) is 0 Å². The predicted molar refractivity (Wildman–Crippen MR) is 45.4 cm³/mol. The Morgan fingerprint density at radius 1 is 1.80 bits per heavy atom. The third-order valence-electron chi connectivity index (χ3n) is 1.48. The van der Waals surface area contributed by atoms with Crippen LogP contribution in [0.5, 0.6) is 0 Å². The maximum absolute atomic E-state index is 4.16. The molecule has 1 aliphatic rings. The van der Waals surface area contributed by atoms with Gasteiger partial charge in [0.2, 0.25) is 0 Å². The molecular weight excluding hydrogens is 122 g/mol. The molecule has 1 nitrogen and oxygen atoms in total. The largest absolute Gasteiger partial charge is 0.293 e. The average molecular weight is 135 g/mol. The highest BCUT2D eigenvalue weighted by molar-refractivity contribution is 5.65. The van der Waals surface area contributed by atoms with Crippen LogP contribution in [0.25, 0.3) is 0 Å². The minimum atomic E-state index is 0.506. The highest BCUT2D eigenvalue weighted by Crippen LogP contribution is 2.11. The highest BCUT2D eigenvalue weighted by atomic mass is 14.7. The second-order valence-electron chi connectivity index (χ2n) is 2.77. The molecule has 0 aromatic heterocycles. The fourth-order valence-corrected chi connectivity index (χ4v) is 1.07. The standard InChI is InChI=1S/C9H13N/c1-8(2)6-9-4-3-5-10-7-9/h3-4,7,9H,1,5-6H2,2H3. The van der Waals surface area contributed by atoms with E-state index in [0.717, 1.165) is 13.0 Å². The SMILES string of the molecule is C=C(C)CC1C=CCN=C1. The monoisotopic (exact) mass is 135 g/mol.